The van der Waals surface area contributed by atoms with E-state index in [1.807, 2.05) is 26.0 Å². The van der Waals surface area contributed by atoms with Crippen molar-refractivity contribution in [3.63, 3.8) is 0 Å². The second-order valence-electron chi connectivity index (χ2n) is 8.16. The number of aliphatic hydroxyl groups excluding tert-OH is 1. The highest BCUT2D eigenvalue weighted by Crippen LogP contribution is 2.45. The van der Waals surface area contributed by atoms with Gasteiger partial charge in [-0.2, -0.15) is 0 Å². The van der Waals surface area contributed by atoms with Gasteiger partial charge in [0.1, 0.15) is 5.76 Å². The Hall–Kier alpha value is -3.19. The Morgan fingerprint density at radius 3 is 2.44 bits per heavy atom. The van der Waals surface area contributed by atoms with Crippen molar-refractivity contribution in [2.45, 2.75) is 19.9 Å². The number of aromatic nitrogens is 1. The van der Waals surface area contributed by atoms with Crippen molar-refractivity contribution in [3.05, 3.63) is 98.5 Å². The minimum atomic E-state index is -0.892. The molecule has 1 aliphatic heterocycles. The SMILES string of the molecule is Cc1cc(C)c2nc(N3C(=O)C(=O)/C(=C(/O)c4ccc(Cl)cc4)C3c3cccc(Cl)c3)sc2c1. The normalized spacial score (nSPS) is 17.6. The van der Waals surface area contributed by atoms with Gasteiger partial charge in [-0.1, -0.05) is 52.7 Å². The fraction of sp³-hybridized carbons (Fsp3) is 0.115. The number of hydrogen-bond donors (Lipinski definition) is 1. The molecule has 170 valence electrons. The first kappa shape index (κ1) is 22.6. The van der Waals surface area contributed by atoms with E-state index in [1.165, 1.54) is 16.2 Å². The summed E-state index contributed by atoms with van der Waals surface area (Å²) in [5.41, 5.74) is 3.78. The number of halogens is 2. The lowest BCUT2D eigenvalue weighted by Crippen LogP contribution is -2.29. The summed E-state index contributed by atoms with van der Waals surface area (Å²) in [6.07, 6.45) is 0. The van der Waals surface area contributed by atoms with Crippen LogP contribution < -0.4 is 4.90 Å². The average Bonchev–Trinajstić information content (AvgIpc) is 3.33. The third kappa shape index (κ3) is 3.78. The molecule has 0 saturated carbocycles. The van der Waals surface area contributed by atoms with Gasteiger partial charge in [0.25, 0.3) is 5.78 Å². The van der Waals surface area contributed by atoms with Crippen molar-refractivity contribution in [3.8, 4) is 0 Å². The largest absolute Gasteiger partial charge is 0.507 e. The van der Waals surface area contributed by atoms with Crippen LogP contribution in [0.3, 0.4) is 0 Å². The summed E-state index contributed by atoms with van der Waals surface area (Å²) in [6, 6.07) is 16.5. The lowest BCUT2D eigenvalue weighted by Gasteiger charge is -2.23. The summed E-state index contributed by atoms with van der Waals surface area (Å²) >= 11 is 13.6. The minimum Gasteiger partial charge on any atom is -0.507 e. The molecule has 4 aromatic rings. The Kier molecular flexibility index (Phi) is 5.68. The van der Waals surface area contributed by atoms with E-state index in [4.69, 9.17) is 28.2 Å². The van der Waals surface area contributed by atoms with Gasteiger partial charge in [0.15, 0.2) is 5.13 Å². The molecule has 0 radical (unpaired) electrons. The number of amides is 1. The molecule has 1 N–H and O–H groups in total. The number of carbonyl (C=O) groups excluding carboxylic acids is 2. The molecule has 5 nitrogen and oxygen atoms in total. The van der Waals surface area contributed by atoms with Gasteiger partial charge in [-0.15, -0.1) is 0 Å². The van der Waals surface area contributed by atoms with E-state index in [0.29, 0.717) is 26.3 Å². The number of rotatable bonds is 3. The molecule has 0 aliphatic carbocycles. The molecule has 1 fully saturated rings. The summed E-state index contributed by atoms with van der Waals surface area (Å²) in [7, 11) is 0. The van der Waals surface area contributed by atoms with Crippen LogP contribution in [0.1, 0.15) is 28.3 Å². The molecule has 8 heteroatoms. The molecule has 1 aliphatic rings. The zero-order valence-electron chi connectivity index (χ0n) is 18.2. The van der Waals surface area contributed by atoms with Crippen molar-refractivity contribution in [2.24, 2.45) is 0 Å². The van der Waals surface area contributed by atoms with Crippen LogP contribution in [0.25, 0.3) is 16.0 Å². The quantitative estimate of drug-likeness (QED) is 0.186. The van der Waals surface area contributed by atoms with E-state index in [1.54, 1.807) is 48.5 Å². The molecule has 0 spiro atoms. The number of aliphatic hydroxyl groups is 1. The van der Waals surface area contributed by atoms with Crippen LogP contribution in [0.15, 0.2) is 66.2 Å². The zero-order chi connectivity index (χ0) is 24.1. The Morgan fingerprint density at radius 2 is 1.74 bits per heavy atom. The van der Waals surface area contributed by atoms with Crippen LogP contribution in [0.4, 0.5) is 5.13 Å². The van der Waals surface area contributed by atoms with Gasteiger partial charge < -0.3 is 5.11 Å². The van der Waals surface area contributed by atoms with Gasteiger partial charge in [0.2, 0.25) is 0 Å². The van der Waals surface area contributed by atoms with Crippen LogP contribution in [0.5, 0.6) is 0 Å². The summed E-state index contributed by atoms with van der Waals surface area (Å²) in [4.78, 5) is 32.7. The van der Waals surface area contributed by atoms with E-state index in [-0.39, 0.29) is 11.3 Å². The summed E-state index contributed by atoms with van der Waals surface area (Å²) in [5.74, 6) is -1.82. The van der Waals surface area contributed by atoms with Crippen molar-refractivity contribution in [1.29, 1.82) is 0 Å². The number of ketones is 1. The topological polar surface area (TPSA) is 70.5 Å². The predicted molar refractivity (Wildman–Crippen MR) is 137 cm³/mol. The number of fused-ring (bicyclic) bond motifs is 1. The molecular formula is C26H18Cl2N2O3S. The first-order valence-corrected chi connectivity index (χ1v) is 12.0. The highest BCUT2D eigenvalue weighted by molar-refractivity contribution is 7.22. The highest BCUT2D eigenvalue weighted by atomic mass is 35.5. The van der Waals surface area contributed by atoms with Crippen LogP contribution >= 0.6 is 34.5 Å². The number of Topliss-reactive ketones (excluding diaryl/α,β-unsaturated/α-hetero) is 1. The van der Waals surface area contributed by atoms with Crippen LogP contribution in [0.2, 0.25) is 10.0 Å². The van der Waals surface area contributed by atoms with Gasteiger partial charge in [0.05, 0.1) is 21.8 Å². The molecule has 34 heavy (non-hydrogen) atoms. The second-order valence-corrected chi connectivity index (χ2v) is 10.0. The van der Waals surface area contributed by atoms with Crippen molar-refractivity contribution in [2.75, 3.05) is 4.90 Å². The van der Waals surface area contributed by atoms with E-state index in [0.717, 1.165) is 21.3 Å². The maximum absolute atomic E-state index is 13.3. The van der Waals surface area contributed by atoms with E-state index < -0.39 is 17.7 Å². The highest BCUT2D eigenvalue weighted by Gasteiger charge is 2.48. The fourth-order valence-corrected chi connectivity index (χ4v) is 5.74. The molecule has 2 heterocycles. The number of aryl methyl sites for hydroxylation is 2. The number of carbonyl (C=O) groups is 2. The van der Waals surface area contributed by atoms with Gasteiger partial charge in [-0.3, -0.25) is 14.5 Å². The predicted octanol–water partition coefficient (Wildman–Crippen LogP) is 6.85. The van der Waals surface area contributed by atoms with Crippen molar-refractivity contribution >= 4 is 67.3 Å². The molecule has 1 unspecified atom stereocenters. The maximum Gasteiger partial charge on any atom is 0.301 e. The third-order valence-corrected chi connectivity index (χ3v) is 7.24. The third-order valence-electron chi connectivity index (χ3n) is 5.75. The lowest BCUT2D eigenvalue weighted by molar-refractivity contribution is -0.132. The Morgan fingerprint density at radius 1 is 1.00 bits per heavy atom. The fourth-order valence-electron chi connectivity index (χ4n) is 4.25. The van der Waals surface area contributed by atoms with Crippen LogP contribution in [-0.4, -0.2) is 21.8 Å². The minimum absolute atomic E-state index is 0.0262. The smallest absolute Gasteiger partial charge is 0.301 e. The number of thiazole rings is 1. The average molecular weight is 509 g/mol. The lowest BCUT2D eigenvalue weighted by atomic mass is 9.95. The van der Waals surface area contributed by atoms with Crippen molar-refractivity contribution in [1.82, 2.24) is 4.98 Å². The summed E-state index contributed by atoms with van der Waals surface area (Å²) in [6.45, 7) is 3.96. The van der Waals surface area contributed by atoms with Gasteiger partial charge in [-0.25, -0.2) is 4.98 Å². The first-order chi connectivity index (χ1) is 16.2. The second kappa shape index (κ2) is 8.55. The Bertz CT molecular complexity index is 1510. The molecule has 1 aromatic heterocycles. The van der Waals surface area contributed by atoms with Crippen molar-refractivity contribution < 1.29 is 14.7 Å². The Balaban J connectivity index is 1.75. The number of anilines is 1. The monoisotopic (exact) mass is 508 g/mol. The summed E-state index contributed by atoms with van der Waals surface area (Å²) < 4.78 is 0.914. The standard InChI is InChI=1S/C26H18Cl2N2O3S/c1-13-10-14(2)21-19(11-13)34-26(29-21)30-22(16-4-3-5-18(28)12-16)20(24(32)25(30)33)23(31)15-6-8-17(27)9-7-15/h3-12,22,31H,1-2H3/b23-20+. The zero-order valence-corrected chi connectivity index (χ0v) is 20.5. The van der Waals surface area contributed by atoms with Crippen LogP contribution in [0, 0.1) is 13.8 Å². The van der Waals surface area contributed by atoms with E-state index in [9.17, 15) is 14.7 Å². The number of hydrogen-bond acceptors (Lipinski definition) is 5. The molecule has 1 amide bonds. The van der Waals surface area contributed by atoms with Gasteiger partial charge in [0, 0.05) is 15.6 Å². The van der Waals surface area contributed by atoms with Gasteiger partial charge in [-0.05, 0) is 73.0 Å². The molecular weight excluding hydrogens is 491 g/mol. The van der Waals surface area contributed by atoms with Gasteiger partial charge >= 0.3 is 5.91 Å². The molecule has 1 saturated heterocycles. The molecule has 1 atom stereocenters. The molecule has 0 bridgehead atoms. The van der Waals surface area contributed by atoms with E-state index in [2.05, 4.69) is 0 Å². The van der Waals surface area contributed by atoms with Crippen LogP contribution in [-0.2, 0) is 9.59 Å². The summed E-state index contributed by atoms with van der Waals surface area (Å²) in [5, 5.41) is 12.5. The number of nitrogens with zero attached hydrogens (tertiary/aromatic N) is 2. The molecule has 3 aromatic carbocycles. The Labute approximate surface area is 209 Å². The van der Waals surface area contributed by atoms with E-state index >= 15 is 0 Å². The number of benzene rings is 3. The maximum atomic E-state index is 13.3. The molecule has 5 rings (SSSR count). The first-order valence-electron chi connectivity index (χ1n) is 10.4.